The molecule has 4 rings (SSSR count). The van der Waals surface area contributed by atoms with Crippen molar-refractivity contribution >= 4 is 11.8 Å². The summed E-state index contributed by atoms with van der Waals surface area (Å²) in [6, 6.07) is 4.90. The van der Waals surface area contributed by atoms with E-state index in [2.05, 4.69) is 25.6 Å². The molecule has 10 nitrogen and oxygen atoms in total. The van der Waals surface area contributed by atoms with E-state index in [-0.39, 0.29) is 24.3 Å². The highest BCUT2D eigenvalue weighted by Crippen LogP contribution is 2.33. The molecule has 1 atom stereocenters. The van der Waals surface area contributed by atoms with Crippen LogP contribution in [0.25, 0.3) is 0 Å². The quantitative estimate of drug-likeness (QED) is 0.688. The highest BCUT2D eigenvalue weighted by atomic mass is 16.5. The van der Waals surface area contributed by atoms with Crippen LogP contribution < -0.4 is 5.32 Å². The first-order valence-corrected chi connectivity index (χ1v) is 8.40. The molecule has 138 valence electrons. The molecular weight excluding hydrogens is 352 g/mol. The SMILES string of the molecule is O=C(NCc1noc([C@@H]2CCC(=O)N2Cc2ccncc2)n1)c1ccno1. The van der Waals surface area contributed by atoms with E-state index in [9.17, 15) is 9.59 Å². The van der Waals surface area contributed by atoms with Crippen LogP contribution in [0.2, 0.25) is 0 Å². The fraction of sp³-hybridized carbons (Fsp3) is 0.294. The molecule has 1 N–H and O–H groups in total. The van der Waals surface area contributed by atoms with Crippen molar-refractivity contribution in [3.63, 3.8) is 0 Å². The smallest absolute Gasteiger partial charge is 0.290 e. The minimum Gasteiger partial charge on any atom is -0.351 e. The van der Waals surface area contributed by atoms with Crippen molar-refractivity contribution in [1.29, 1.82) is 0 Å². The average molecular weight is 368 g/mol. The Bertz CT molecular complexity index is 924. The van der Waals surface area contributed by atoms with Crippen molar-refractivity contribution in [1.82, 2.24) is 30.5 Å². The van der Waals surface area contributed by atoms with Gasteiger partial charge in [-0.25, -0.2) is 0 Å². The summed E-state index contributed by atoms with van der Waals surface area (Å²) in [5, 5.41) is 9.98. The Labute approximate surface area is 153 Å². The molecule has 0 aromatic carbocycles. The number of carbonyl (C=O) groups is 2. The number of hydrogen-bond donors (Lipinski definition) is 1. The fourth-order valence-electron chi connectivity index (χ4n) is 2.93. The molecule has 1 aliphatic rings. The van der Waals surface area contributed by atoms with Gasteiger partial charge in [0.15, 0.2) is 5.82 Å². The highest BCUT2D eigenvalue weighted by Gasteiger charge is 2.35. The summed E-state index contributed by atoms with van der Waals surface area (Å²) in [5.74, 6) is 0.396. The van der Waals surface area contributed by atoms with E-state index >= 15 is 0 Å². The molecule has 2 amide bonds. The number of likely N-dealkylation sites (tertiary alicyclic amines) is 1. The zero-order valence-corrected chi connectivity index (χ0v) is 14.2. The lowest BCUT2D eigenvalue weighted by Gasteiger charge is -2.21. The Hall–Kier alpha value is -3.56. The van der Waals surface area contributed by atoms with Gasteiger partial charge in [-0.2, -0.15) is 4.98 Å². The lowest BCUT2D eigenvalue weighted by Crippen LogP contribution is -2.27. The summed E-state index contributed by atoms with van der Waals surface area (Å²) in [4.78, 5) is 34.1. The lowest BCUT2D eigenvalue weighted by molar-refractivity contribution is -0.130. The Kier molecular flexibility index (Phi) is 4.60. The fourth-order valence-corrected chi connectivity index (χ4v) is 2.93. The zero-order valence-electron chi connectivity index (χ0n) is 14.2. The van der Waals surface area contributed by atoms with Crippen LogP contribution in [-0.2, 0) is 17.9 Å². The van der Waals surface area contributed by atoms with Crippen LogP contribution in [0.3, 0.4) is 0 Å². The molecule has 0 spiro atoms. The van der Waals surface area contributed by atoms with Gasteiger partial charge in [0.1, 0.15) is 6.04 Å². The first-order valence-electron chi connectivity index (χ1n) is 8.40. The molecule has 0 bridgehead atoms. The van der Waals surface area contributed by atoms with E-state index in [1.165, 1.54) is 12.3 Å². The van der Waals surface area contributed by atoms with Crippen LogP contribution in [0.1, 0.15) is 46.7 Å². The van der Waals surface area contributed by atoms with Crippen LogP contribution in [0, 0.1) is 0 Å². The number of carbonyl (C=O) groups excluding carboxylic acids is 2. The second-order valence-electron chi connectivity index (χ2n) is 6.04. The molecule has 3 aromatic rings. The van der Waals surface area contributed by atoms with Gasteiger partial charge in [-0.15, -0.1) is 0 Å². The molecule has 1 fully saturated rings. The molecule has 10 heteroatoms. The number of nitrogens with zero attached hydrogens (tertiary/aromatic N) is 5. The van der Waals surface area contributed by atoms with Gasteiger partial charge in [0.25, 0.3) is 5.91 Å². The van der Waals surface area contributed by atoms with Gasteiger partial charge >= 0.3 is 0 Å². The Morgan fingerprint density at radius 2 is 2.07 bits per heavy atom. The van der Waals surface area contributed by atoms with Crippen LogP contribution in [-0.4, -0.2) is 37.0 Å². The van der Waals surface area contributed by atoms with Crippen molar-refractivity contribution in [3.05, 3.63) is 59.8 Å². The second-order valence-corrected chi connectivity index (χ2v) is 6.04. The summed E-state index contributed by atoms with van der Waals surface area (Å²) in [6.07, 6.45) is 5.79. The summed E-state index contributed by atoms with van der Waals surface area (Å²) in [6.45, 7) is 0.528. The van der Waals surface area contributed by atoms with Crippen LogP contribution in [0.5, 0.6) is 0 Å². The van der Waals surface area contributed by atoms with Gasteiger partial charge in [-0.3, -0.25) is 14.6 Å². The molecule has 0 unspecified atom stereocenters. The lowest BCUT2D eigenvalue weighted by atomic mass is 10.2. The van der Waals surface area contributed by atoms with Gasteiger partial charge in [0, 0.05) is 31.4 Å². The predicted molar refractivity (Wildman–Crippen MR) is 88.7 cm³/mol. The number of aromatic nitrogens is 4. The number of nitrogens with one attached hydrogen (secondary N) is 1. The molecule has 1 aliphatic heterocycles. The number of hydrogen-bond acceptors (Lipinski definition) is 8. The molecule has 27 heavy (non-hydrogen) atoms. The average Bonchev–Trinajstić information content (AvgIpc) is 3.43. The van der Waals surface area contributed by atoms with Crippen molar-refractivity contribution in [2.75, 3.05) is 0 Å². The topological polar surface area (TPSA) is 127 Å². The van der Waals surface area contributed by atoms with Crippen LogP contribution in [0.15, 0.2) is 45.8 Å². The normalized spacial score (nSPS) is 16.7. The summed E-state index contributed by atoms with van der Waals surface area (Å²) < 4.78 is 10.1. The largest absolute Gasteiger partial charge is 0.351 e. The predicted octanol–water partition coefficient (Wildman–Crippen LogP) is 1.25. The maximum atomic E-state index is 12.3. The maximum Gasteiger partial charge on any atom is 0.290 e. The van der Waals surface area contributed by atoms with Crippen LogP contribution in [0.4, 0.5) is 0 Å². The third-order valence-electron chi connectivity index (χ3n) is 4.27. The number of amides is 2. The standard InChI is InChI=1S/C17H16N6O4/c24-15-2-1-12(23(15)10-11-3-6-18-7-4-11)17-21-14(22-27-17)9-19-16(25)13-5-8-20-26-13/h3-8,12H,1-2,9-10H2,(H,19,25)/t12-/m0/s1. The van der Waals surface area contributed by atoms with Gasteiger partial charge in [0.05, 0.1) is 12.7 Å². The molecule has 0 aliphatic carbocycles. The van der Waals surface area contributed by atoms with Crippen LogP contribution >= 0.6 is 0 Å². The summed E-state index contributed by atoms with van der Waals surface area (Å²) in [5.41, 5.74) is 0.976. The third-order valence-corrected chi connectivity index (χ3v) is 4.27. The Balaban J connectivity index is 1.42. The van der Waals surface area contributed by atoms with Gasteiger partial charge in [0.2, 0.25) is 17.6 Å². The monoisotopic (exact) mass is 368 g/mol. The van der Waals surface area contributed by atoms with E-state index in [0.29, 0.717) is 31.1 Å². The second kappa shape index (κ2) is 7.36. The van der Waals surface area contributed by atoms with Crippen molar-refractivity contribution < 1.29 is 18.6 Å². The van der Waals surface area contributed by atoms with Gasteiger partial charge < -0.3 is 19.3 Å². The summed E-state index contributed by atoms with van der Waals surface area (Å²) >= 11 is 0. The molecular formula is C17H16N6O4. The van der Waals surface area contributed by atoms with E-state index in [1.54, 1.807) is 17.3 Å². The number of rotatable bonds is 6. The molecule has 0 radical (unpaired) electrons. The minimum absolute atomic E-state index is 0.0372. The molecule has 0 saturated carbocycles. The molecule has 1 saturated heterocycles. The van der Waals surface area contributed by atoms with E-state index in [0.717, 1.165) is 5.56 Å². The van der Waals surface area contributed by atoms with Crippen molar-refractivity contribution in [2.24, 2.45) is 0 Å². The van der Waals surface area contributed by atoms with E-state index in [1.807, 2.05) is 12.1 Å². The Morgan fingerprint density at radius 1 is 1.22 bits per heavy atom. The van der Waals surface area contributed by atoms with E-state index in [4.69, 9.17) is 9.05 Å². The summed E-state index contributed by atoms with van der Waals surface area (Å²) in [7, 11) is 0. The van der Waals surface area contributed by atoms with Gasteiger partial charge in [-0.05, 0) is 24.1 Å². The van der Waals surface area contributed by atoms with Crippen molar-refractivity contribution in [2.45, 2.75) is 32.0 Å². The first kappa shape index (κ1) is 16.9. The van der Waals surface area contributed by atoms with Crippen molar-refractivity contribution in [3.8, 4) is 0 Å². The molecule has 4 heterocycles. The number of pyridine rings is 1. The van der Waals surface area contributed by atoms with Gasteiger partial charge in [-0.1, -0.05) is 10.3 Å². The first-order chi connectivity index (χ1) is 13.2. The minimum atomic E-state index is -0.422. The molecule has 3 aromatic heterocycles. The zero-order chi connectivity index (χ0) is 18.6. The highest BCUT2D eigenvalue weighted by molar-refractivity contribution is 5.91. The third kappa shape index (κ3) is 3.68. The Morgan fingerprint density at radius 3 is 2.85 bits per heavy atom. The maximum absolute atomic E-state index is 12.3. The van der Waals surface area contributed by atoms with E-state index < -0.39 is 5.91 Å².